The Morgan fingerprint density at radius 1 is 1.26 bits per heavy atom. The predicted octanol–water partition coefficient (Wildman–Crippen LogP) is 4.29. The van der Waals surface area contributed by atoms with Crippen LogP contribution in [-0.4, -0.2) is 34.9 Å². The Hall–Kier alpha value is -2.51. The first-order valence-electron chi connectivity index (χ1n) is 8.11. The number of carbonyl (C=O) groups is 2. The molecule has 0 bridgehead atoms. The molecule has 3 aromatic rings. The molecule has 27 heavy (non-hydrogen) atoms. The lowest BCUT2D eigenvalue weighted by atomic mass is 10.2. The number of thiazole rings is 1. The number of carbonyl (C=O) groups excluding carboxylic acids is 2. The van der Waals surface area contributed by atoms with Crippen LogP contribution in [0.15, 0.2) is 42.5 Å². The molecular weight excluding hydrogens is 391 g/mol. The normalized spacial score (nSPS) is 12.0. The Balaban J connectivity index is 1.66. The number of ether oxygens (including phenoxy) is 1. The number of esters is 1. The fraction of sp³-hybridized carbons (Fsp3) is 0.211. The summed E-state index contributed by atoms with van der Waals surface area (Å²) in [5.74, 6) is -2.20. The van der Waals surface area contributed by atoms with E-state index < -0.39 is 23.8 Å². The Labute approximate surface area is 164 Å². The topological polar surface area (TPSA) is 59.5 Å². The van der Waals surface area contributed by atoms with E-state index in [1.54, 1.807) is 7.05 Å². The monoisotopic (exact) mass is 406 g/mol. The molecule has 0 aliphatic rings. The number of hydrogen-bond acceptors (Lipinski definition) is 5. The van der Waals surface area contributed by atoms with Gasteiger partial charge in [0, 0.05) is 7.05 Å². The summed E-state index contributed by atoms with van der Waals surface area (Å²) in [4.78, 5) is 30.6. The molecule has 140 valence electrons. The van der Waals surface area contributed by atoms with Gasteiger partial charge in [-0.1, -0.05) is 29.8 Å². The van der Waals surface area contributed by atoms with Crippen molar-refractivity contribution >= 4 is 45.0 Å². The molecule has 3 rings (SSSR count). The van der Waals surface area contributed by atoms with Gasteiger partial charge in [-0.3, -0.25) is 4.79 Å². The van der Waals surface area contributed by atoms with E-state index in [0.29, 0.717) is 0 Å². The molecule has 2 aromatic carbocycles. The molecule has 0 aliphatic carbocycles. The van der Waals surface area contributed by atoms with Crippen LogP contribution in [0.1, 0.15) is 22.3 Å². The highest BCUT2D eigenvalue weighted by molar-refractivity contribution is 7.18. The van der Waals surface area contributed by atoms with Gasteiger partial charge in [-0.2, -0.15) is 0 Å². The number of halogens is 2. The maximum atomic E-state index is 13.8. The first-order valence-corrected chi connectivity index (χ1v) is 9.30. The van der Waals surface area contributed by atoms with Crippen LogP contribution in [0.4, 0.5) is 4.39 Å². The predicted molar refractivity (Wildman–Crippen MR) is 102 cm³/mol. The molecule has 1 unspecified atom stereocenters. The first kappa shape index (κ1) is 19.3. The van der Waals surface area contributed by atoms with E-state index in [4.69, 9.17) is 16.3 Å². The summed E-state index contributed by atoms with van der Waals surface area (Å²) < 4.78 is 19.9. The van der Waals surface area contributed by atoms with E-state index in [0.717, 1.165) is 21.3 Å². The number of fused-ring (bicyclic) bond motifs is 1. The van der Waals surface area contributed by atoms with Gasteiger partial charge in [-0.25, -0.2) is 14.2 Å². The summed E-state index contributed by atoms with van der Waals surface area (Å²) in [7, 11) is 1.59. The average molecular weight is 407 g/mol. The lowest BCUT2D eigenvalue weighted by Gasteiger charge is -2.20. The standard InChI is InChI=1S/C19H16ClFN2O3S/c1-11(26-19(25)17-12(20)6-5-7-13(17)21)18(24)23(2)10-16-22-14-8-3-4-9-15(14)27-16/h3-9,11H,10H2,1-2H3. The second kappa shape index (κ2) is 8.02. The van der Waals surface area contributed by atoms with E-state index in [1.165, 1.54) is 35.3 Å². The largest absolute Gasteiger partial charge is 0.449 e. The highest BCUT2D eigenvalue weighted by atomic mass is 35.5. The van der Waals surface area contributed by atoms with Gasteiger partial charge in [0.15, 0.2) is 6.10 Å². The molecule has 5 nitrogen and oxygen atoms in total. The molecular formula is C19H16ClFN2O3S. The van der Waals surface area contributed by atoms with Crippen molar-refractivity contribution in [2.45, 2.75) is 19.6 Å². The van der Waals surface area contributed by atoms with Gasteiger partial charge in [0.1, 0.15) is 16.4 Å². The average Bonchev–Trinajstić information content (AvgIpc) is 3.02. The van der Waals surface area contributed by atoms with Crippen molar-refractivity contribution in [2.24, 2.45) is 0 Å². The van der Waals surface area contributed by atoms with Crippen LogP contribution in [0.25, 0.3) is 10.2 Å². The first-order chi connectivity index (χ1) is 12.9. The minimum absolute atomic E-state index is 0.0671. The van der Waals surface area contributed by atoms with Gasteiger partial charge in [0.2, 0.25) is 0 Å². The van der Waals surface area contributed by atoms with Crippen molar-refractivity contribution in [3.63, 3.8) is 0 Å². The molecule has 0 aliphatic heterocycles. The lowest BCUT2D eigenvalue weighted by molar-refractivity contribution is -0.139. The quantitative estimate of drug-likeness (QED) is 0.593. The van der Waals surface area contributed by atoms with Crippen LogP contribution >= 0.6 is 22.9 Å². The van der Waals surface area contributed by atoms with Crippen LogP contribution in [-0.2, 0) is 16.1 Å². The number of benzene rings is 2. The second-order valence-corrected chi connectivity index (χ2v) is 7.44. The van der Waals surface area contributed by atoms with E-state index in [-0.39, 0.29) is 17.1 Å². The minimum Gasteiger partial charge on any atom is -0.449 e. The van der Waals surface area contributed by atoms with E-state index in [1.807, 2.05) is 24.3 Å². The SMILES string of the molecule is CC(OC(=O)c1c(F)cccc1Cl)C(=O)N(C)Cc1nc2ccccc2s1. The van der Waals surface area contributed by atoms with Crippen LogP contribution in [0.5, 0.6) is 0 Å². The molecule has 1 amide bonds. The maximum Gasteiger partial charge on any atom is 0.343 e. The zero-order valence-electron chi connectivity index (χ0n) is 14.6. The number of likely N-dealkylation sites (N-methyl/N-ethyl adjacent to an activating group) is 1. The van der Waals surface area contributed by atoms with Crippen LogP contribution in [0.2, 0.25) is 5.02 Å². The number of rotatable bonds is 5. The van der Waals surface area contributed by atoms with Gasteiger partial charge in [0.25, 0.3) is 5.91 Å². The Morgan fingerprint density at radius 2 is 2.00 bits per heavy atom. The highest BCUT2D eigenvalue weighted by Crippen LogP contribution is 2.23. The summed E-state index contributed by atoms with van der Waals surface area (Å²) in [5.41, 5.74) is 0.486. The molecule has 0 saturated carbocycles. The molecule has 1 aromatic heterocycles. The Bertz CT molecular complexity index is 954. The lowest BCUT2D eigenvalue weighted by Crippen LogP contribution is -2.37. The summed E-state index contributed by atoms with van der Waals surface area (Å²) in [6, 6.07) is 11.6. The zero-order chi connectivity index (χ0) is 19.6. The van der Waals surface area contributed by atoms with Crippen molar-refractivity contribution in [3.05, 3.63) is 63.9 Å². The number of amides is 1. The summed E-state index contributed by atoms with van der Waals surface area (Å²) in [6.45, 7) is 1.71. The number of nitrogens with zero attached hydrogens (tertiary/aromatic N) is 2. The molecule has 1 heterocycles. The van der Waals surface area contributed by atoms with Gasteiger partial charge < -0.3 is 9.64 Å². The number of para-hydroxylation sites is 1. The highest BCUT2D eigenvalue weighted by Gasteiger charge is 2.25. The number of aromatic nitrogens is 1. The van der Waals surface area contributed by atoms with Crippen LogP contribution < -0.4 is 0 Å². The molecule has 0 spiro atoms. The third kappa shape index (κ3) is 4.26. The summed E-state index contributed by atoms with van der Waals surface area (Å²) in [5, 5.41) is 0.699. The second-order valence-electron chi connectivity index (χ2n) is 5.91. The molecule has 0 fully saturated rings. The van der Waals surface area contributed by atoms with Crippen molar-refractivity contribution in [1.29, 1.82) is 0 Å². The van der Waals surface area contributed by atoms with Crippen LogP contribution in [0.3, 0.4) is 0 Å². The molecule has 0 radical (unpaired) electrons. The Morgan fingerprint density at radius 3 is 2.70 bits per heavy atom. The molecule has 1 atom stereocenters. The summed E-state index contributed by atoms with van der Waals surface area (Å²) >= 11 is 7.34. The fourth-order valence-corrected chi connectivity index (χ4v) is 3.80. The smallest absolute Gasteiger partial charge is 0.343 e. The number of hydrogen-bond donors (Lipinski definition) is 0. The van der Waals surface area contributed by atoms with E-state index >= 15 is 0 Å². The third-order valence-electron chi connectivity index (χ3n) is 3.89. The minimum atomic E-state index is -1.09. The third-order valence-corrected chi connectivity index (χ3v) is 5.22. The van der Waals surface area contributed by atoms with E-state index in [9.17, 15) is 14.0 Å². The van der Waals surface area contributed by atoms with Crippen molar-refractivity contribution < 1.29 is 18.7 Å². The summed E-state index contributed by atoms with van der Waals surface area (Å²) in [6.07, 6.45) is -1.09. The van der Waals surface area contributed by atoms with Crippen molar-refractivity contribution in [3.8, 4) is 0 Å². The fourth-order valence-electron chi connectivity index (χ4n) is 2.54. The molecule has 0 N–H and O–H groups in total. The maximum absolute atomic E-state index is 13.8. The van der Waals surface area contributed by atoms with Crippen molar-refractivity contribution in [2.75, 3.05) is 7.05 Å². The van der Waals surface area contributed by atoms with E-state index in [2.05, 4.69) is 4.98 Å². The van der Waals surface area contributed by atoms with Gasteiger partial charge in [-0.05, 0) is 31.2 Å². The Kier molecular flexibility index (Phi) is 5.72. The molecule has 8 heteroatoms. The van der Waals surface area contributed by atoms with Crippen LogP contribution in [0, 0.1) is 5.82 Å². The van der Waals surface area contributed by atoms with Gasteiger partial charge >= 0.3 is 5.97 Å². The zero-order valence-corrected chi connectivity index (χ0v) is 16.2. The van der Waals surface area contributed by atoms with Gasteiger partial charge in [0.05, 0.1) is 21.8 Å². The van der Waals surface area contributed by atoms with Crippen molar-refractivity contribution in [1.82, 2.24) is 9.88 Å². The van der Waals surface area contributed by atoms with Gasteiger partial charge in [-0.15, -0.1) is 11.3 Å². The molecule has 0 saturated heterocycles.